The van der Waals surface area contributed by atoms with E-state index in [4.69, 9.17) is 21.7 Å². The van der Waals surface area contributed by atoms with Crippen molar-refractivity contribution < 1.29 is 35.8 Å². The van der Waals surface area contributed by atoms with Crippen LogP contribution in [0.15, 0.2) is 36.4 Å². The van der Waals surface area contributed by atoms with E-state index in [1.807, 2.05) is 0 Å². The molecule has 2 aromatic carbocycles. The lowest BCUT2D eigenvalue weighted by Gasteiger charge is -2.17. The number of hydrogen-bond acceptors (Lipinski definition) is 3. The SMILES string of the molecule is COc1ccc(OC)c(NC(=S)Nc2cc(C(F)(F)F)cc(C(F)(F)F)c2)c1. The first kappa shape index (κ1) is 21.6. The van der Waals surface area contributed by atoms with Crippen molar-refractivity contribution in [2.24, 2.45) is 0 Å². The molecule has 0 amide bonds. The van der Waals surface area contributed by atoms with Gasteiger partial charge in [-0.3, -0.25) is 0 Å². The lowest BCUT2D eigenvalue weighted by Crippen LogP contribution is -2.21. The van der Waals surface area contributed by atoms with E-state index in [0.29, 0.717) is 29.3 Å². The Bertz CT molecular complexity index is 835. The summed E-state index contributed by atoms with van der Waals surface area (Å²) in [6, 6.07) is 5.75. The van der Waals surface area contributed by atoms with Gasteiger partial charge in [-0.25, -0.2) is 0 Å². The van der Waals surface area contributed by atoms with Gasteiger partial charge >= 0.3 is 12.4 Å². The van der Waals surface area contributed by atoms with Gasteiger partial charge in [-0.05, 0) is 42.5 Å². The average molecular weight is 424 g/mol. The van der Waals surface area contributed by atoms with Gasteiger partial charge in [-0.2, -0.15) is 26.3 Å². The van der Waals surface area contributed by atoms with Crippen molar-refractivity contribution in [1.82, 2.24) is 0 Å². The quantitative estimate of drug-likeness (QED) is 0.498. The van der Waals surface area contributed by atoms with Crippen molar-refractivity contribution in [2.45, 2.75) is 12.4 Å². The zero-order chi connectivity index (χ0) is 21.1. The Hall–Kier alpha value is -2.69. The van der Waals surface area contributed by atoms with Crippen molar-refractivity contribution >= 4 is 28.7 Å². The molecular weight excluding hydrogens is 410 g/mol. The minimum absolute atomic E-state index is 0.0345. The van der Waals surface area contributed by atoms with Gasteiger partial charge in [0.1, 0.15) is 11.5 Å². The van der Waals surface area contributed by atoms with E-state index in [1.165, 1.54) is 20.3 Å². The Labute approximate surface area is 161 Å². The fraction of sp³-hybridized carbons (Fsp3) is 0.235. The molecule has 0 fully saturated rings. The molecule has 0 radical (unpaired) electrons. The van der Waals surface area contributed by atoms with E-state index < -0.39 is 29.2 Å². The summed E-state index contributed by atoms with van der Waals surface area (Å²) in [6.45, 7) is 0. The topological polar surface area (TPSA) is 42.5 Å². The Morgan fingerprint density at radius 2 is 1.39 bits per heavy atom. The molecule has 152 valence electrons. The molecule has 0 aliphatic rings. The molecule has 0 spiro atoms. The van der Waals surface area contributed by atoms with Gasteiger partial charge < -0.3 is 20.1 Å². The highest BCUT2D eigenvalue weighted by Gasteiger charge is 2.37. The fourth-order valence-corrected chi connectivity index (χ4v) is 2.45. The number of nitrogens with one attached hydrogen (secondary N) is 2. The Balaban J connectivity index is 2.31. The molecule has 0 unspecified atom stereocenters. The summed E-state index contributed by atoms with van der Waals surface area (Å²) in [4.78, 5) is 0. The minimum Gasteiger partial charge on any atom is -0.497 e. The number of thiocarbonyl (C=S) groups is 1. The Morgan fingerprint density at radius 1 is 0.821 bits per heavy atom. The van der Waals surface area contributed by atoms with E-state index in [2.05, 4.69) is 10.6 Å². The minimum atomic E-state index is -4.96. The molecule has 2 aromatic rings. The highest BCUT2D eigenvalue weighted by molar-refractivity contribution is 7.80. The molecule has 2 N–H and O–H groups in total. The molecule has 0 bridgehead atoms. The van der Waals surface area contributed by atoms with Crippen molar-refractivity contribution in [3.63, 3.8) is 0 Å². The second-order valence-electron chi connectivity index (χ2n) is 5.44. The number of ether oxygens (including phenoxy) is 2. The maximum atomic E-state index is 12.9. The normalized spacial score (nSPS) is 11.7. The monoisotopic (exact) mass is 424 g/mol. The first-order valence-corrected chi connectivity index (χ1v) is 7.94. The standard InChI is InChI=1S/C17H14F6N2O2S/c1-26-12-3-4-14(27-2)13(8-12)25-15(28)24-11-6-9(16(18,19)20)5-10(7-11)17(21,22)23/h3-8H,1-2H3,(H2,24,25,28). The number of benzene rings is 2. The van der Waals surface area contributed by atoms with Crippen LogP contribution in [0.2, 0.25) is 0 Å². The zero-order valence-electron chi connectivity index (χ0n) is 14.5. The van der Waals surface area contributed by atoms with Gasteiger partial charge in [0.05, 0.1) is 31.0 Å². The van der Waals surface area contributed by atoms with Crippen molar-refractivity contribution in [2.75, 3.05) is 24.9 Å². The molecule has 0 atom stereocenters. The molecule has 0 aliphatic heterocycles. The molecule has 0 aromatic heterocycles. The summed E-state index contributed by atoms with van der Waals surface area (Å²) < 4.78 is 87.7. The van der Waals surface area contributed by atoms with E-state index in [1.54, 1.807) is 12.1 Å². The maximum absolute atomic E-state index is 12.9. The third-order valence-electron chi connectivity index (χ3n) is 3.50. The summed E-state index contributed by atoms with van der Waals surface area (Å²) >= 11 is 5.00. The molecule has 0 saturated heterocycles. The highest BCUT2D eigenvalue weighted by Crippen LogP contribution is 2.37. The smallest absolute Gasteiger partial charge is 0.416 e. The summed E-state index contributed by atoms with van der Waals surface area (Å²) in [5, 5.41) is 4.74. The molecule has 0 saturated carbocycles. The number of rotatable bonds is 4. The van der Waals surface area contributed by atoms with Gasteiger partial charge in [0.2, 0.25) is 0 Å². The summed E-state index contributed by atoms with van der Waals surface area (Å²) in [7, 11) is 2.80. The molecule has 4 nitrogen and oxygen atoms in total. The van der Waals surface area contributed by atoms with Crippen LogP contribution in [0, 0.1) is 0 Å². The summed E-state index contributed by atoms with van der Waals surface area (Å²) in [5.74, 6) is 0.773. The van der Waals surface area contributed by atoms with Gasteiger partial charge in [-0.15, -0.1) is 0 Å². The van der Waals surface area contributed by atoms with Crippen LogP contribution in [0.25, 0.3) is 0 Å². The van der Waals surface area contributed by atoms with Crippen LogP contribution in [-0.4, -0.2) is 19.3 Å². The second kappa shape index (κ2) is 8.13. The second-order valence-corrected chi connectivity index (χ2v) is 5.85. The van der Waals surface area contributed by atoms with Crippen LogP contribution in [0.4, 0.5) is 37.7 Å². The highest BCUT2D eigenvalue weighted by atomic mass is 32.1. The molecule has 0 aliphatic carbocycles. The van der Waals surface area contributed by atoms with Crippen LogP contribution in [0.3, 0.4) is 0 Å². The van der Waals surface area contributed by atoms with Gasteiger partial charge in [-0.1, -0.05) is 0 Å². The van der Waals surface area contributed by atoms with E-state index in [-0.39, 0.29) is 11.2 Å². The Morgan fingerprint density at radius 3 is 1.86 bits per heavy atom. The van der Waals surface area contributed by atoms with Gasteiger partial charge in [0.15, 0.2) is 5.11 Å². The first-order chi connectivity index (χ1) is 12.9. The number of hydrogen-bond donors (Lipinski definition) is 2. The van der Waals surface area contributed by atoms with E-state index in [0.717, 1.165) is 0 Å². The number of alkyl halides is 6. The van der Waals surface area contributed by atoms with Crippen molar-refractivity contribution in [3.05, 3.63) is 47.5 Å². The van der Waals surface area contributed by atoms with Gasteiger partial charge in [0.25, 0.3) is 0 Å². The number of anilines is 2. The third kappa shape index (κ3) is 5.41. The van der Waals surface area contributed by atoms with Crippen LogP contribution in [0.5, 0.6) is 11.5 Å². The maximum Gasteiger partial charge on any atom is 0.416 e. The van der Waals surface area contributed by atoms with Crippen molar-refractivity contribution in [3.8, 4) is 11.5 Å². The van der Waals surface area contributed by atoms with Crippen molar-refractivity contribution in [1.29, 1.82) is 0 Å². The fourth-order valence-electron chi connectivity index (χ4n) is 2.22. The number of methoxy groups -OCH3 is 2. The summed E-state index contributed by atoms with van der Waals surface area (Å²) in [5.41, 5.74) is -3.07. The van der Waals surface area contributed by atoms with Crippen LogP contribution in [0.1, 0.15) is 11.1 Å². The lowest BCUT2D eigenvalue weighted by molar-refractivity contribution is -0.143. The number of halogens is 6. The van der Waals surface area contributed by atoms with E-state index >= 15 is 0 Å². The van der Waals surface area contributed by atoms with Crippen LogP contribution in [-0.2, 0) is 12.4 Å². The predicted octanol–water partition coefficient (Wildman–Crippen LogP) is 5.55. The average Bonchev–Trinajstić information content (AvgIpc) is 2.59. The van der Waals surface area contributed by atoms with Gasteiger partial charge in [0, 0.05) is 11.8 Å². The van der Waals surface area contributed by atoms with Crippen LogP contribution >= 0.6 is 12.2 Å². The Kier molecular flexibility index (Phi) is 6.27. The lowest BCUT2D eigenvalue weighted by atomic mass is 10.1. The predicted molar refractivity (Wildman–Crippen MR) is 95.8 cm³/mol. The first-order valence-electron chi connectivity index (χ1n) is 7.53. The molecule has 11 heteroatoms. The largest absolute Gasteiger partial charge is 0.497 e. The summed E-state index contributed by atoms with van der Waals surface area (Å²) in [6.07, 6.45) is -9.91. The van der Waals surface area contributed by atoms with Crippen LogP contribution < -0.4 is 20.1 Å². The zero-order valence-corrected chi connectivity index (χ0v) is 15.3. The molecule has 2 rings (SSSR count). The molecular formula is C17H14F6N2O2S. The molecule has 28 heavy (non-hydrogen) atoms. The third-order valence-corrected chi connectivity index (χ3v) is 3.70. The van der Waals surface area contributed by atoms with E-state index in [9.17, 15) is 26.3 Å². The molecule has 0 heterocycles.